The van der Waals surface area contributed by atoms with E-state index >= 15 is 0 Å². The molecule has 0 radical (unpaired) electrons. The van der Waals surface area contributed by atoms with Crippen LogP contribution in [0, 0.1) is 5.92 Å². The fourth-order valence-electron chi connectivity index (χ4n) is 3.68. The number of fused-ring (bicyclic) bond motifs is 1. The maximum atomic E-state index is 12.5. The first-order valence-corrected chi connectivity index (χ1v) is 10.9. The predicted molar refractivity (Wildman–Crippen MR) is 126 cm³/mol. The van der Waals surface area contributed by atoms with Crippen molar-refractivity contribution in [2.75, 3.05) is 44.5 Å². The van der Waals surface area contributed by atoms with Crippen LogP contribution in [0.25, 0.3) is 10.9 Å². The molecule has 0 unspecified atom stereocenters. The van der Waals surface area contributed by atoms with E-state index in [0.29, 0.717) is 51.5 Å². The topological polar surface area (TPSA) is 88.6 Å². The van der Waals surface area contributed by atoms with E-state index in [1.54, 1.807) is 37.4 Å². The van der Waals surface area contributed by atoms with E-state index in [0.717, 1.165) is 25.9 Å². The Morgan fingerprint density at radius 3 is 2.59 bits per heavy atom. The molecule has 1 aliphatic rings. The number of amides is 2. The van der Waals surface area contributed by atoms with Gasteiger partial charge >= 0.3 is 6.03 Å². The number of piperidine rings is 1. The van der Waals surface area contributed by atoms with E-state index in [9.17, 15) is 4.79 Å². The molecule has 2 N–H and O–H groups in total. The Bertz CT molecular complexity index is 1080. The van der Waals surface area contributed by atoms with E-state index in [1.807, 2.05) is 6.07 Å². The van der Waals surface area contributed by atoms with Crippen LogP contribution in [-0.4, -0.2) is 54.8 Å². The van der Waals surface area contributed by atoms with Crippen LogP contribution in [0.1, 0.15) is 12.8 Å². The molecule has 1 fully saturated rings. The number of hydrogen-bond donors (Lipinski definition) is 2. The highest BCUT2D eigenvalue weighted by molar-refractivity contribution is 6.30. The monoisotopic (exact) mass is 455 g/mol. The van der Waals surface area contributed by atoms with Gasteiger partial charge < -0.3 is 19.7 Å². The van der Waals surface area contributed by atoms with Gasteiger partial charge in [0.15, 0.2) is 11.5 Å². The molecule has 0 bridgehead atoms. The van der Waals surface area contributed by atoms with Crippen LogP contribution in [0.15, 0.2) is 42.7 Å². The molecular weight excluding hydrogens is 430 g/mol. The lowest BCUT2D eigenvalue weighted by molar-refractivity contribution is 0.157. The smallest absolute Gasteiger partial charge is 0.324 e. The number of carbonyl (C=O) groups excluding carboxylic acids is 1. The van der Waals surface area contributed by atoms with E-state index in [2.05, 4.69) is 32.5 Å². The number of nitrogens with one attached hydrogen (secondary N) is 2. The zero-order valence-corrected chi connectivity index (χ0v) is 18.9. The Morgan fingerprint density at radius 1 is 1.12 bits per heavy atom. The molecule has 9 heteroatoms. The molecule has 0 aliphatic carbocycles. The third-order valence-electron chi connectivity index (χ3n) is 5.57. The minimum Gasteiger partial charge on any atom is -0.493 e. The number of aromatic nitrogens is 2. The Hall–Kier alpha value is -3.10. The van der Waals surface area contributed by atoms with Crippen LogP contribution in [0.5, 0.6) is 11.5 Å². The van der Waals surface area contributed by atoms with Crippen LogP contribution in [-0.2, 0) is 0 Å². The molecule has 168 valence electrons. The van der Waals surface area contributed by atoms with Gasteiger partial charge in [0.25, 0.3) is 0 Å². The van der Waals surface area contributed by atoms with Crippen LogP contribution >= 0.6 is 11.6 Å². The summed E-state index contributed by atoms with van der Waals surface area (Å²) in [6.07, 6.45) is 3.64. The van der Waals surface area contributed by atoms with Gasteiger partial charge in [-0.1, -0.05) is 11.6 Å². The van der Waals surface area contributed by atoms with E-state index in [1.165, 1.54) is 6.33 Å². The maximum absolute atomic E-state index is 12.5. The second-order valence-corrected chi connectivity index (χ2v) is 8.32. The first kappa shape index (κ1) is 22.1. The molecule has 0 spiro atoms. The molecule has 32 heavy (non-hydrogen) atoms. The van der Waals surface area contributed by atoms with Crippen LogP contribution in [0.3, 0.4) is 0 Å². The summed E-state index contributed by atoms with van der Waals surface area (Å²) >= 11 is 5.89. The van der Waals surface area contributed by atoms with Gasteiger partial charge in [-0.3, -0.25) is 5.32 Å². The lowest BCUT2D eigenvalue weighted by Gasteiger charge is -2.28. The molecule has 4 rings (SSSR count). The summed E-state index contributed by atoms with van der Waals surface area (Å²) in [5.41, 5.74) is 1.27. The Morgan fingerprint density at radius 2 is 1.88 bits per heavy atom. The third kappa shape index (κ3) is 5.38. The van der Waals surface area contributed by atoms with E-state index < -0.39 is 6.03 Å². The van der Waals surface area contributed by atoms with Gasteiger partial charge in [0, 0.05) is 22.2 Å². The van der Waals surface area contributed by atoms with Gasteiger partial charge in [0.2, 0.25) is 0 Å². The molecule has 2 heterocycles. The zero-order chi connectivity index (χ0) is 22.5. The summed E-state index contributed by atoms with van der Waals surface area (Å²) in [4.78, 5) is 23.4. The number of hydrogen-bond acceptors (Lipinski definition) is 6. The molecule has 2 aromatic carbocycles. The van der Waals surface area contributed by atoms with E-state index in [4.69, 9.17) is 21.1 Å². The van der Waals surface area contributed by atoms with Crippen molar-refractivity contribution in [2.24, 2.45) is 5.92 Å². The first-order valence-electron chi connectivity index (χ1n) is 10.5. The van der Waals surface area contributed by atoms with Crippen molar-refractivity contribution >= 4 is 40.0 Å². The number of likely N-dealkylation sites (tertiary alicyclic amines) is 1. The van der Waals surface area contributed by atoms with Crippen LogP contribution in [0.2, 0.25) is 5.02 Å². The summed E-state index contributed by atoms with van der Waals surface area (Å²) in [7, 11) is 3.73. The highest BCUT2D eigenvalue weighted by Gasteiger charge is 2.19. The number of halogens is 1. The first-order chi connectivity index (χ1) is 15.5. The zero-order valence-electron chi connectivity index (χ0n) is 18.1. The molecular formula is C23H26ClN5O3. The van der Waals surface area contributed by atoms with Crippen molar-refractivity contribution < 1.29 is 14.3 Å². The fraction of sp³-hybridized carbons (Fsp3) is 0.348. The Kier molecular flexibility index (Phi) is 6.92. The van der Waals surface area contributed by atoms with Crippen molar-refractivity contribution in [2.45, 2.75) is 12.8 Å². The minimum absolute atomic E-state index is 0.377. The van der Waals surface area contributed by atoms with Crippen molar-refractivity contribution in [3.63, 3.8) is 0 Å². The van der Waals surface area contributed by atoms with Crippen LogP contribution < -0.4 is 20.1 Å². The average Bonchev–Trinajstić information content (AvgIpc) is 2.80. The number of nitrogens with zero attached hydrogens (tertiary/aromatic N) is 3. The fourth-order valence-corrected chi connectivity index (χ4v) is 3.80. The van der Waals surface area contributed by atoms with Gasteiger partial charge in [-0.2, -0.15) is 0 Å². The molecule has 2 amide bonds. The Labute approximate surface area is 191 Å². The highest BCUT2D eigenvalue weighted by atomic mass is 35.5. The summed E-state index contributed by atoms with van der Waals surface area (Å²) < 4.78 is 11.7. The average molecular weight is 456 g/mol. The van der Waals surface area contributed by atoms with Gasteiger partial charge in [0.05, 0.1) is 19.2 Å². The maximum Gasteiger partial charge on any atom is 0.324 e. The van der Waals surface area contributed by atoms with Gasteiger partial charge in [-0.15, -0.1) is 0 Å². The number of carbonyl (C=O) groups is 1. The molecule has 0 atom stereocenters. The van der Waals surface area contributed by atoms with Crippen molar-refractivity contribution in [1.29, 1.82) is 0 Å². The van der Waals surface area contributed by atoms with Gasteiger partial charge in [0.1, 0.15) is 12.1 Å². The van der Waals surface area contributed by atoms with Gasteiger partial charge in [-0.05, 0) is 69.2 Å². The van der Waals surface area contributed by atoms with Crippen molar-refractivity contribution in [3.05, 3.63) is 47.7 Å². The molecule has 0 saturated carbocycles. The number of methoxy groups -OCH3 is 1. The van der Waals surface area contributed by atoms with Gasteiger partial charge in [-0.25, -0.2) is 14.8 Å². The summed E-state index contributed by atoms with van der Waals surface area (Å²) in [6.45, 7) is 2.81. The summed E-state index contributed by atoms with van der Waals surface area (Å²) in [5.74, 6) is 2.10. The number of urea groups is 1. The molecule has 1 aliphatic heterocycles. The SMILES string of the molecule is COc1cc2c(NC(=O)Nc3ccc(Cl)cc3)ncnc2cc1OCC1CCN(C)CC1. The third-order valence-corrected chi connectivity index (χ3v) is 5.82. The van der Waals surface area contributed by atoms with E-state index in [-0.39, 0.29) is 0 Å². The minimum atomic E-state index is -0.422. The highest BCUT2D eigenvalue weighted by Crippen LogP contribution is 2.34. The normalized spacial score (nSPS) is 14.8. The lowest BCUT2D eigenvalue weighted by atomic mass is 9.98. The summed E-state index contributed by atoms with van der Waals surface area (Å²) in [5, 5.41) is 6.78. The number of anilines is 2. The van der Waals surface area contributed by atoms with Crippen molar-refractivity contribution in [1.82, 2.24) is 14.9 Å². The molecule has 1 aromatic heterocycles. The Balaban J connectivity index is 1.49. The van der Waals surface area contributed by atoms with Crippen LogP contribution in [0.4, 0.5) is 16.3 Å². The quantitative estimate of drug-likeness (QED) is 0.562. The molecule has 1 saturated heterocycles. The number of rotatable bonds is 6. The molecule has 8 nitrogen and oxygen atoms in total. The lowest BCUT2D eigenvalue weighted by Crippen LogP contribution is -2.32. The largest absolute Gasteiger partial charge is 0.493 e. The predicted octanol–water partition coefficient (Wildman–Crippen LogP) is 4.66. The summed E-state index contributed by atoms with van der Waals surface area (Å²) in [6, 6.07) is 10.0. The second kappa shape index (κ2) is 10.0. The molecule has 3 aromatic rings. The van der Waals surface area contributed by atoms with Crippen molar-refractivity contribution in [3.8, 4) is 11.5 Å². The second-order valence-electron chi connectivity index (χ2n) is 7.89. The standard InChI is InChI=1S/C23H26ClN5O3/c1-29-9-7-15(8-10-29)13-32-21-12-19-18(11-20(21)31-2)22(26-14-25-19)28-23(30)27-17-5-3-16(24)4-6-17/h3-6,11-12,14-15H,7-10,13H2,1-2H3,(H2,25,26,27,28,30). The number of benzene rings is 2. The number of ether oxygens (including phenoxy) is 2.